The van der Waals surface area contributed by atoms with Gasteiger partial charge in [0.2, 0.25) is 0 Å². The molecule has 0 aliphatic rings. The molecular weight excluding hydrogens is 254 g/mol. The summed E-state index contributed by atoms with van der Waals surface area (Å²) in [6.07, 6.45) is 0. The normalized spacial score (nSPS) is 11.2. The van der Waals surface area contributed by atoms with Crippen LogP contribution < -0.4 is 5.56 Å². The summed E-state index contributed by atoms with van der Waals surface area (Å²) in [6.45, 7) is 6.10. The van der Waals surface area contributed by atoms with E-state index in [1.54, 1.807) is 6.92 Å². The Hall–Kier alpha value is -2.43. The Kier molecular flexibility index (Phi) is 2.89. The van der Waals surface area contributed by atoms with Crippen molar-refractivity contribution in [3.63, 3.8) is 0 Å². The molecule has 0 amide bonds. The van der Waals surface area contributed by atoms with Crippen LogP contribution in [0.25, 0.3) is 10.9 Å². The van der Waals surface area contributed by atoms with E-state index >= 15 is 0 Å². The SMILES string of the molecule is Cc1cccc(Cn2nc(C)c3c(C)onc3c2=O)c1. The molecule has 0 radical (unpaired) electrons. The van der Waals surface area contributed by atoms with Crippen molar-refractivity contribution in [2.24, 2.45) is 0 Å². The Labute approximate surface area is 115 Å². The second-order valence-corrected chi connectivity index (χ2v) is 5.00. The van der Waals surface area contributed by atoms with Crippen molar-refractivity contribution in [1.82, 2.24) is 14.9 Å². The van der Waals surface area contributed by atoms with Crippen molar-refractivity contribution in [1.29, 1.82) is 0 Å². The molecule has 0 spiro atoms. The molecule has 0 aliphatic heterocycles. The molecule has 0 unspecified atom stereocenters. The summed E-state index contributed by atoms with van der Waals surface area (Å²) in [5.74, 6) is 0.629. The fraction of sp³-hybridized carbons (Fsp3) is 0.267. The highest BCUT2D eigenvalue weighted by Gasteiger charge is 2.15. The van der Waals surface area contributed by atoms with Gasteiger partial charge in [0.15, 0.2) is 5.52 Å². The van der Waals surface area contributed by atoms with Gasteiger partial charge in [-0.05, 0) is 26.3 Å². The topological polar surface area (TPSA) is 60.9 Å². The zero-order valence-electron chi connectivity index (χ0n) is 11.7. The average Bonchev–Trinajstić information content (AvgIpc) is 2.78. The summed E-state index contributed by atoms with van der Waals surface area (Å²) in [7, 11) is 0. The molecule has 3 aromatic rings. The molecule has 2 aromatic heterocycles. The fourth-order valence-corrected chi connectivity index (χ4v) is 2.43. The molecule has 1 aromatic carbocycles. The van der Waals surface area contributed by atoms with Gasteiger partial charge in [-0.15, -0.1) is 0 Å². The zero-order chi connectivity index (χ0) is 14.3. The van der Waals surface area contributed by atoms with Crippen LogP contribution >= 0.6 is 0 Å². The summed E-state index contributed by atoms with van der Waals surface area (Å²) in [6, 6.07) is 8.02. The van der Waals surface area contributed by atoms with Crippen molar-refractivity contribution < 1.29 is 4.52 Å². The molecule has 0 saturated carbocycles. The lowest BCUT2D eigenvalue weighted by Crippen LogP contribution is -2.24. The number of aryl methyl sites for hydroxylation is 3. The maximum atomic E-state index is 12.4. The van der Waals surface area contributed by atoms with Gasteiger partial charge >= 0.3 is 0 Å². The van der Waals surface area contributed by atoms with Crippen LogP contribution in [0.3, 0.4) is 0 Å². The van der Waals surface area contributed by atoms with E-state index in [2.05, 4.69) is 10.3 Å². The third-order valence-corrected chi connectivity index (χ3v) is 3.35. The van der Waals surface area contributed by atoms with Crippen molar-refractivity contribution in [2.75, 3.05) is 0 Å². The minimum atomic E-state index is -0.219. The zero-order valence-corrected chi connectivity index (χ0v) is 11.7. The van der Waals surface area contributed by atoms with Crippen LogP contribution in [0.5, 0.6) is 0 Å². The van der Waals surface area contributed by atoms with Crippen LogP contribution in [0.2, 0.25) is 0 Å². The van der Waals surface area contributed by atoms with Crippen LogP contribution in [-0.2, 0) is 6.54 Å². The highest BCUT2D eigenvalue weighted by Crippen LogP contribution is 2.16. The Bertz CT molecular complexity index is 846. The molecule has 0 N–H and O–H groups in total. The molecule has 102 valence electrons. The van der Waals surface area contributed by atoms with Gasteiger partial charge in [-0.3, -0.25) is 4.79 Å². The molecule has 20 heavy (non-hydrogen) atoms. The molecule has 5 heteroatoms. The molecular formula is C15H15N3O2. The Morgan fingerprint density at radius 1 is 1.25 bits per heavy atom. The van der Waals surface area contributed by atoms with E-state index in [1.807, 2.05) is 38.1 Å². The van der Waals surface area contributed by atoms with Gasteiger partial charge in [0.1, 0.15) is 5.76 Å². The van der Waals surface area contributed by atoms with Gasteiger partial charge in [0.25, 0.3) is 5.56 Å². The lowest BCUT2D eigenvalue weighted by Gasteiger charge is -2.07. The van der Waals surface area contributed by atoms with E-state index in [0.29, 0.717) is 17.8 Å². The first kappa shape index (κ1) is 12.6. The van der Waals surface area contributed by atoms with Gasteiger partial charge in [0.05, 0.1) is 17.6 Å². The Morgan fingerprint density at radius 3 is 2.80 bits per heavy atom. The van der Waals surface area contributed by atoms with Gasteiger partial charge in [-0.25, -0.2) is 4.68 Å². The predicted molar refractivity (Wildman–Crippen MR) is 75.8 cm³/mol. The third-order valence-electron chi connectivity index (χ3n) is 3.35. The van der Waals surface area contributed by atoms with E-state index in [1.165, 1.54) is 4.68 Å². The van der Waals surface area contributed by atoms with Crippen LogP contribution in [0.4, 0.5) is 0 Å². The first-order valence-electron chi connectivity index (χ1n) is 6.45. The number of hydrogen-bond acceptors (Lipinski definition) is 4. The minimum Gasteiger partial charge on any atom is -0.360 e. The van der Waals surface area contributed by atoms with E-state index in [0.717, 1.165) is 22.2 Å². The van der Waals surface area contributed by atoms with Crippen molar-refractivity contribution in [3.05, 3.63) is 57.2 Å². The first-order chi connectivity index (χ1) is 9.56. The maximum Gasteiger partial charge on any atom is 0.297 e. The molecule has 0 saturated heterocycles. The molecule has 0 atom stereocenters. The lowest BCUT2D eigenvalue weighted by atomic mass is 10.1. The summed E-state index contributed by atoms with van der Waals surface area (Å²) in [5, 5.41) is 8.93. The van der Waals surface area contributed by atoms with Gasteiger partial charge in [-0.1, -0.05) is 35.0 Å². The molecule has 2 heterocycles. The number of hydrogen-bond donors (Lipinski definition) is 0. The van der Waals surface area contributed by atoms with Gasteiger partial charge in [-0.2, -0.15) is 5.10 Å². The van der Waals surface area contributed by atoms with Crippen LogP contribution in [0.15, 0.2) is 33.6 Å². The molecule has 0 fully saturated rings. The summed E-state index contributed by atoms with van der Waals surface area (Å²) in [5.41, 5.74) is 3.09. The first-order valence-corrected chi connectivity index (χ1v) is 6.45. The number of benzene rings is 1. The lowest BCUT2D eigenvalue weighted by molar-refractivity contribution is 0.405. The fourth-order valence-electron chi connectivity index (χ4n) is 2.43. The van der Waals surface area contributed by atoms with Crippen LogP contribution in [0.1, 0.15) is 22.6 Å². The quantitative estimate of drug-likeness (QED) is 0.716. The van der Waals surface area contributed by atoms with E-state index in [9.17, 15) is 4.79 Å². The van der Waals surface area contributed by atoms with Crippen molar-refractivity contribution >= 4 is 10.9 Å². The smallest absolute Gasteiger partial charge is 0.297 e. The summed E-state index contributed by atoms with van der Waals surface area (Å²) < 4.78 is 6.54. The molecule has 0 aliphatic carbocycles. The second kappa shape index (κ2) is 4.59. The second-order valence-electron chi connectivity index (χ2n) is 5.00. The number of rotatable bonds is 2. The van der Waals surface area contributed by atoms with Crippen LogP contribution in [0, 0.1) is 20.8 Å². The standard InChI is InChI=1S/C15H15N3O2/c1-9-5-4-6-12(7-9)8-18-15(19)14-13(10(2)16-18)11(3)20-17-14/h4-7H,8H2,1-3H3. The highest BCUT2D eigenvalue weighted by molar-refractivity contribution is 5.81. The minimum absolute atomic E-state index is 0.219. The highest BCUT2D eigenvalue weighted by atomic mass is 16.5. The molecule has 5 nitrogen and oxygen atoms in total. The largest absolute Gasteiger partial charge is 0.360 e. The van der Waals surface area contributed by atoms with Crippen LogP contribution in [-0.4, -0.2) is 14.9 Å². The number of aromatic nitrogens is 3. The summed E-state index contributed by atoms with van der Waals surface area (Å²) >= 11 is 0. The van der Waals surface area contributed by atoms with E-state index in [-0.39, 0.29) is 5.56 Å². The average molecular weight is 269 g/mol. The number of fused-ring (bicyclic) bond motifs is 1. The third kappa shape index (κ3) is 2.01. The van der Waals surface area contributed by atoms with Gasteiger partial charge in [0, 0.05) is 0 Å². The predicted octanol–water partition coefficient (Wildman–Crippen LogP) is 2.36. The van der Waals surface area contributed by atoms with Crippen molar-refractivity contribution in [3.8, 4) is 0 Å². The van der Waals surface area contributed by atoms with E-state index in [4.69, 9.17) is 4.52 Å². The molecule has 0 bridgehead atoms. The van der Waals surface area contributed by atoms with E-state index < -0.39 is 0 Å². The van der Waals surface area contributed by atoms with Crippen molar-refractivity contribution in [2.45, 2.75) is 27.3 Å². The Balaban J connectivity index is 2.13. The summed E-state index contributed by atoms with van der Waals surface area (Å²) in [4.78, 5) is 12.4. The molecule has 3 rings (SSSR count). The maximum absolute atomic E-state index is 12.4. The monoisotopic (exact) mass is 269 g/mol. The number of nitrogens with zero attached hydrogens (tertiary/aromatic N) is 3. The van der Waals surface area contributed by atoms with Gasteiger partial charge < -0.3 is 4.52 Å². The Morgan fingerprint density at radius 2 is 2.05 bits per heavy atom.